The molecule has 1 aliphatic heterocycles. The fourth-order valence-corrected chi connectivity index (χ4v) is 6.06. The number of para-hydroxylation sites is 2. The van der Waals surface area contributed by atoms with E-state index in [1.807, 2.05) is 55.5 Å². The second-order valence-electron chi connectivity index (χ2n) is 9.04. The molecule has 8 heteroatoms. The molecular weight excluding hydrogens is 470 g/mol. The molecule has 36 heavy (non-hydrogen) atoms. The van der Waals surface area contributed by atoms with Crippen LogP contribution in [0, 0.1) is 18.3 Å². The summed E-state index contributed by atoms with van der Waals surface area (Å²) in [6.07, 6.45) is 0. The molecule has 1 aromatic heterocycles. The van der Waals surface area contributed by atoms with Crippen LogP contribution in [0.3, 0.4) is 0 Å². The van der Waals surface area contributed by atoms with Gasteiger partial charge in [-0.25, -0.2) is 18.4 Å². The van der Waals surface area contributed by atoms with Crippen LogP contribution in [0.5, 0.6) is 0 Å². The monoisotopic (exact) mass is 497 g/mol. The largest absolute Gasteiger partial charge is 0.352 e. The van der Waals surface area contributed by atoms with Crippen LogP contribution in [0.1, 0.15) is 22.1 Å². The molecule has 1 atom stereocenters. The van der Waals surface area contributed by atoms with Gasteiger partial charge in [-0.15, -0.1) is 0 Å². The Kier molecular flexibility index (Phi) is 6.68. The first-order chi connectivity index (χ1) is 17.5. The van der Waals surface area contributed by atoms with Gasteiger partial charge in [-0.05, 0) is 42.3 Å². The molecule has 3 aromatic carbocycles. The van der Waals surface area contributed by atoms with Crippen molar-refractivity contribution >= 4 is 26.7 Å². The Morgan fingerprint density at radius 3 is 2.22 bits per heavy atom. The summed E-state index contributed by atoms with van der Waals surface area (Å²) >= 11 is 0. The van der Waals surface area contributed by atoms with Gasteiger partial charge in [-0.2, -0.15) is 5.26 Å². The van der Waals surface area contributed by atoms with Crippen molar-refractivity contribution in [3.63, 3.8) is 0 Å². The maximum atomic E-state index is 13.6. The van der Waals surface area contributed by atoms with E-state index in [1.54, 1.807) is 18.2 Å². The highest BCUT2D eigenvalue weighted by molar-refractivity contribution is 7.92. The smallest absolute Gasteiger partial charge is 0.200 e. The molecule has 0 radical (unpaired) electrons. The van der Waals surface area contributed by atoms with E-state index < -0.39 is 15.1 Å². The van der Waals surface area contributed by atoms with Gasteiger partial charge in [0.05, 0.1) is 22.0 Å². The molecule has 2 heterocycles. The quantitative estimate of drug-likeness (QED) is 0.392. The van der Waals surface area contributed by atoms with Crippen molar-refractivity contribution in [3.8, 4) is 6.07 Å². The Bertz CT molecular complexity index is 1520. The van der Waals surface area contributed by atoms with Gasteiger partial charge in [0.1, 0.15) is 5.69 Å². The fourth-order valence-electron chi connectivity index (χ4n) is 4.58. The van der Waals surface area contributed by atoms with E-state index in [1.165, 1.54) is 11.6 Å². The van der Waals surface area contributed by atoms with Crippen molar-refractivity contribution in [1.82, 2.24) is 14.9 Å². The summed E-state index contributed by atoms with van der Waals surface area (Å²) in [5.74, 6) is 0.468. The average Bonchev–Trinajstić information content (AvgIpc) is 2.90. The zero-order valence-electron chi connectivity index (χ0n) is 20.1. The molecule has 0 N–H and O–H groups in total. The molecule has 0 saturated carbocycles. The van der Waals surface area contributed by atoms with Crippen molar-refractivity contribution in [2.75, 3.05) is 31.1 Å². The number of hydrogen-bond donors (Lipinski definition) is 0. The van der Waals surface area contributed by atoms with Gasteiger partial charge in [-0.3, -0.25) is 4.90 Å². The third-order valence-corrected chi connectivity index (χ3v) is 8.35. The number of fused-ring (bicyclic) bond motifs is 1. The average molecular weight is 498 g/mol. The van der Waals surface area contributed by atoms with Gasteiger partial charge in [0, 0.05) is 32.7 Å². The lowest BCUT2D eigenvalue weighted by Crippen LogP contribution is -2.46. The zero-order valence-corrected chi connectivity index (χ0v) is 20.9. The first-order valence-electron chi connectivity index (χ1n) is 11.9. The maximum Gasteiger partial charge on any atom is 0.200 e. The van der Waals surface area contributed by atoms with E-state index in [4.69, 9.17) is 9.97 Å². The maximum absolute atomic E-state index is 13.6. The van der Waals surface area contributed by atoms with Gasteiger partial charge in [-0.1, -0.05) is 54.6 Å². The normalized spacial score (nSPS) is 15.5. The lowest BCUT2D eigenvalue weighted by molar-refractivity contribution is 0.249. The van der Waals surface area contributed by atoms with Gasteiger partial charge in [0.25, 0.3) is 0 Å². The molecule has 5 rings (SSSR count). The van der Waals surface area contributed by atoms with Crippen LogP contribution in [0.2, 0.25) is 0 Å². The highest BCUT2D eigenvalue weighted by atomic mass is 32.2. The molecule has 7 nitrogen and oxygen atoms in total. The van der Waals surface area contributed by atoms with E-state index in [0.29, 0.717) is 29.9 Å². The summed E-state index contributed by atoms with van der Waals surface area (Å²) in [6, 6.07) is 26.4. The second kappa shape index (κ2) is 10.1. The molecule has 0 unspecified atom stereocenters. The van der Waals surface area contributed by atoms with Crippen molar-refractivity contribution in [2.24, 2.45) is 0 Å². The number of hydrogen-bond acceptors (Lipinski definition) is 7. The van der Waals surface area contributed by atoms with Gasteiger partial charge < -0.3 is 4.90 Å². The van der Waals surface area contributed by atoms with Crippen molar-refractivity contribution in [3.05, 3.63) is 95.7 Å². The Hall–Kier alpha value is -3.80. The second-order valence-corrected chi connectivity index (χ2v) is 11.1. The minimum Gasteiger partial charge on any atom is -0.352 e. The number of sulfone groups is 1. The topological polar surface area (TPSA) is 90.2 Å². The molecule has 0 spiro atoms. The van der Waals surface area contributed by atoms with Gasteiger partial charge in [0.2, 0.25) is 9.84 Å². The highest BCUT2D eigenvalue weighted by Gasteiger charge is 2.35. The predicted molar refractivity (Wildman–Crippen MR) is 140 cm³/mol. The number of piperazine rings is 1. The van der Waals surface area contributed by atoms with E-state index in [9.17, 15) is 13.7 Å². The molecule has 0 amide bonds. The summed E-state index contributed by atoms with van der Waals surface area (Å²) in [5.41, 5.74) is 3.50. The SMILES string of the molecule is Cc1cccc(S(=O)(=O)[C@@H](C#N)c2nc3ccccc3nc2N2CCN(Cc3ccccc3)CC2)c1. The van der Waals surface area contributed by atoms with Crippen LogP contribution in [0.15, 0.2) is 83.8 Å². The highest BCUT2D eigenvalue weighted by Crippen LogP contribution is 2.34. The molecular formula is C28H27N5O2S. The number of rotatable bonds is 6. The lowest BCUT2D eigenvalue weighted by Gasteiger charge is -2.36. The molecule has 1 fully saturated rings. The van der Waals surface area contributed by atoms with Crippen LogP contribution < -0.4 is 4.90 Å². The number of nitriles is 1. The standard InChI is InChI=1S/C28H27N5O2S/c1-21-8-7-11-23(18-21)36(34,35)26(19-29)27-28(31-25-13-6-5-12-24(25)30-27)33-16-14-32(15-17-33)20-22-9-3-2-4-10-22/h2-13,18,26H,14-17,20H2,1H3/t26-/m0/s1. The molecule has 0 bridgehead atoms. The van der Waals surface area contributed by atoms with Crippen molar-refractivity contribution in [1.29, 1.82) is 5.26 Å². The third-order valence-electron chi connectivity index (χ3n) is 6.49. The van der Waals surface area contributed by atoms with Crippen LogP contribution in [-0.2, 0) is 16.4 Å². The Labute approximate surface area is 211 Å². The fraction of sp³-hybridized carbons (Fsp3) is 0.250. The van der Waals surface area contributed by atoms with Crippen molar-refractivity contribution < 1.29 is 8.42 Å². The van der Waals surface area contributed by atoms with E-state index in [0.717, 1.165) is 25.2 Å². The van der Waals surface area contributed by atoms with Gasteiger partial charge >= 0.3 is 0 Å². The summed E-state index contributed by atoms with van der Waals surface area (Å²) in [5, 5.41) is 8.66. The number of benzene rings is 3. The molecule has 182 valence electrons. The summed E-state index contributed by atoms with van der Waals surface area (Å²) < 4.78 is 27.3. The Balaban J connectivity index is 1.50. The number of nitrogens with zero attached hydrogens (tertiary/aromatic N) is 5. The predicted octanol–water partition coefficient (Wildman–Crippen LogP) is 4.30. The van der Waals surface area contributed by atoms with Crippen LogP contribution in [0.4, 0.5) is 5.82 Å². The number of aryl methyl sites for hydroxylation is 1. The van der Waals surface area contributed by atoms with Crippen molar-refractivity contribution in [2.45, 2.75) is 23.6 Å². The summed E-state index contributed by atoms with van der Waals surface area (Å²) in [6.45, 7) is 5.60. The molecule has 0 aliphatic carbocycles. The van der Waals surface area contributed by atoms with Crippen LogP contribution in [-0.4, -0.2) is 49.5 Å². The first-order valence-corrected chi connectivity index (χ1v) is 13.5. The number of aromatic nitrogens is 2. The van der Waals surface area contributed by atoms with E-state index >= 15 is 0 Å². The minimum absolute atomic E-state index is 0.114. The first kappa shape index (κ1) is 23.9. The molecule has 4 aromatic rings. The van der Waals surface area contributed by atoms with Crippen LogP contribution >= 0.6 is 0 Å². The summed E-state index contributed by atoms with van der Waals surface area (Å²) in [7, 11) is -4.01. The zero-order chi connectivity index (χ0) is 25.1. The van der Waals surface area contributed by atoms with E-state index in [-0.39, 0.29) is 10.6 Å². The van der Waals surface area contributed by atoms with E-state index in [2.05, 4.69) is 21.9 Å². The molecule has 1 aliphatic rings. The Morgan fingerprint density at radius 1 is 0.889 bits per heavy atom. The minimum atomic E-state index is -4.01. The lowest BCUT2D eigenvalue weighted by atomic mass is 10.2. The summed E-state index contributed by atoms with van der Waals surface area (Å²) in [4.78, 5) is 14.1. The molecule has 1 saturated heterocycles. The van der Waals surface area contributed by atoms with Gasteiger partial charge in [0.15, 0.2) is 11.1 Å². The number of anilines is 1. The Morgan fingerprint density at radius 2 is 1.56 bits per heavy atom. The third kappa shape index (κ3) is 4.81. The van der Waals surface area contributed by atoms with Crippen LogP contribution in [0.25, 0.3) is 11.0 Å².